The maximum atomic E-state index is 13.7. The topological polar surface area (TPSA) is 66.4 Å². The third-order valence-electron chi connectivity index (χ3n) is 2.66. The summed E-state index contributed by atoms with van der Waals surface area (Å²) in [6.07, 6.45) is 0.817. The number of aromatic carboxylic acids is 1. The van der Waals surface area contributed by atoms with Gasteiger partial charge in [0, 0.05) is 6.54 Å². The molecule has 0 atom stereocenters. The van der Waals surface area contributed by atoms with Crippen LogP contribution in [-0.4, -0.2) is 35.0 Å². The van der Waals surface area contributed by atoms with Crippen molar-refractivity contribution >= 4 is 23.6 Å². The fraction of sp³-hybridized carbons (Fsp3) is 0.467. The van der Waals surface area contributed by atoms with Crippen molar-refractivity contribution in [2.75, 3.05) is 18.1 Å². The largest absolute Gasteiger partial charge is 0.478 e. The highest BCUT2D eigenvalue weighted by Crippen LogP contribution is 2.11. The Morgan fingerprint density at radius 2 is 2.10 bits per heavy atom. The van der Waals surface area contributed by atoms with Crippen LogP contribution < -0.4 is 5.32 Å². The van der Waals surface area contributed by atoms with Crippen molar-refractivity contribution in [3.8, 4) is 0 Å². The molecule has 1 aromatic rings. The highest BCUT2D eigenvalue weighted by atomic mass is 32.2. The molecule has 0 saturated carbocycles. The number of carboxylic acids is 1. The maximum absolute atomic E-state index is 13.7. The summed E-state index contributed by atoms with van der Waals surface area (Å²) in [5.74, 6) is 0.118. The Morgan fingerprint density at radius 3 is 2.67 bits per heavy atom. The predicted molar refractivity (Wildman–Crippen MR) is 82.5 cm³/mol. The van der Waals surface area contributed by atoms with Gasteiger partial charge < -0.3 is 10.4 Å². The number of hydrogen-bond acceptors (Lipinski definition) is 3. The van der Waals surface area contributed by atoms with E-state index in [4.69, 9.17) is 5.11 Å². The van der Waals surface area contributed by atoms with Gasteiger partial charge in [0.15, 0.2) is 0 Å². The number of rotatable bonds is 8. The van der Waals surface area contributed by atoms with Crippen LogP contribution in [0.25, 0.3) is 0 Å². The van der Waals surface area contributed by atoms with Gasteiger partial charge in [-0.2, -0.15) is 11.8 Å². The van der Waals surface area contributed by atoms with Crippen LogP contribution in [0.1, 0.15) is 41.0 Å². The van der Waals surface area contributed by atoms with E-state index in [0.29, 0.717) is 12.5 Å². The van der Waals surface area contributed by atoms with Crippen molar-refractivity contribution in [3.05, 3.63) is 35.1 Å². The standard InChI is InChI=1S/C15H20FNO3S/c1-10(2)9-21-7-3-6-17-14(18)12-5-4-11(15(19)20)8-13(12)16/h4-5,8,10H,3,6-7,9H2,1-2H3,(H,17,18)(H,19,20). The molecule has 0 aliphatic carbocycles. The van der Waals surface area contributed by atoms with Gasteiger partial charge >= 0.3 is 5.97 Å². The molecule has 0 unspecified atom stereocenters. The van der Waals surface area contributed by atoms with Gasteiger partial charge in [-0.05, 0) is 42.0 Å². The monoisotopic (exact) mass is 313 g/mol. The average Bonchev–Trinajstić information content (AvgIpc) is 2.41. The number of benzene rings is 1. The number of carbonyl (C=O) groups is 2. The van der Waals surface area contributed by atoms with E-state index in [0.717, 1.165) is 24.0 Å². The highest BCUT2D eigenvalue weighted by Gasteiger charge is 2.13. The maximum Gasteiger partial charge on any atom is 0.335 e. The molecule has 0 spiro atoms. The number of hydrogen-bond donors (Lipinski definition) is 2. The molecule has 116 valence electrons. The molecular formula is C15H20FNO3S. The first-order valence-corrected chi connectivity index (χ1v) is 7.96. The average molecular weight is 313 g/mol. The zero-order chi connectivity index (χ0) is 15.8. The smallest absolute Gasteiger partial charge is 0.335 e. The molecule has 6 heteroatoms. The molecular weight excluding hydrogens is 293 g/mol. The highest BCUT2D eigenvalue weighted by molar-refractivity contribution is 7.99. The second-order valence-corrected chi connectivity index (χ2v) is 6.23. The van der Waals surface area contributed by atoms with E-state index >= 15 is 0 Å². The van der Waals surface area contributed by atoms with E-state index in [1.54, 1.807) is 0 Å². The van der Waals surface area contributed by atoms with Crippen LogP contribution in [0, 0.1) is 11.7 Å². The molecule has 1 amide bonds. The van der Waals surface area contributed by atoms with Gasteiger partial charge in [-0.3, -0.25) is 4.79 Å². The van der Waals surface area contributed by atoms with Crippen LogP contribution in [0.2, 0.25) is 0 Å². The quantitative estimate of drug-likeness (QED) is 0.724. The van der Waals surface area contributed by atoms with Crippen LogP contribution in [0.3, 0.4) is 0 Å². The molecule has 1 rings (SSSR count). The molecule has 0 radical (unpaired) electrons. The van der Waals surface area contributed by atoms with E-state index in [-0.39, 0.29) is 11.1 Å². The minimum absolute atomic E-state index is 0.130. The second kappa shape index (κ2) is 8.67. The van der Waals surface area contributed by atoms with Crippen LogP contribution in [0.15, 0.2) is 18.2 Å². The lowest BCUT2D eigenvalue weighted by Crippen LogP contribution is -2.26. The second-order valence-electron chi connectivity index (χ2n) is 5.08. The van der Waals surface area contributed by atoms with Crippen molar-refractivity contribution in [1.82, 2.24) is 5.32 Å². The Balaban J connectivity index is 2.40. The van der Waals surface area contributed by atoms with E-state index in [1.807, 2.05) is 11.8 Å². The summed E-state index contributed by atoms with van der Waals surface area (Å²) in [5, 5.41) is 11.4. The Labute approximate surface area is 128 Å². The minimum Gasteiger partial charge on any atom is -0.478 e. The van der Waals surface area contributed by atoms with Gasteiger partial charge in [0.1, 0.15) is 5.82 Å². The summed E-state index contributed by atoms with van der Waals surface area (Å²) in [6, 6.07) is 3.27. The number of amides is 1. The number of carboxylic acid groups (broad SMARTS) is 1. The third kappa shape index (κ3) is 6.16. The fourth-order valence-corrected chi connectivity index (χ4v) is 2.61. The molecule has 0 heterocycles. The number of nitrogens with one attached hydrogen (secondary N) is 1. The zero-order valence-electron chi connectivity index (χ0n) is 12.2. The SMILES string of the molecule is CC(C)CSCCCNC(=O)c1ccc(C(=O)O)cc1F. The van der Waals surface area contributed by atoms with Gasteiger partial charge in [0.25, 0.3) is 5.91 Å². The Hall–Kier alpha value is -1.56. The minimum atomic E-state index is -1.22. The molecule has 0 fully saturated rings. The Kier molecular flexibility index (Phi) is 7.22. The molecule has 4 nitrogen and oxygen atoms in total. The first kappa shape index (κ1) is 17.5. The summed E-state index contributed by atoms with van der Waals surface area (Å²) < 4.78 is 13.7. The van der Waals surface area contributed by atoms with Crippen LogP contribution in [0.5, 0.6) is 0 Å². The summed E-state index contributed by atoms with van der Waals surface area (Å²) >= 11 is 1.83. The zero-order valence-corrected chi connectivity index (χ0v) is 13.0. The number of carbonyl (C=O) groups excluding carboxylic acids is 1. The first-order valence-electron chi connectivity index (χ1n) is 6.80. The van der Waals surface area contributed by atoms with E-state index < -0.39 is 17.7 Å². The molecule has 1 aromatic carbocycles. The lowest BCUT2D eigenvalue weighted by Gasteiger charge is -2.07. The van der Waals surface area contributed by atoms with Crippen molar-refractivity contribution < 1.29 is 19.1 Å². The molecule has 0 saturated heterocycles. The number of thioether (sulfide) groups is 1. The normalized spacial score (nSPS) is 10.7. The Morgan fingerprint density at radius 1 is 1.38 bits per heavy atom. The fourth-order valence-electron chi connectivity index (χ4n) is 1.62. The summed E-state index contributed by atoms with van der Waals surface area (Å²) in [4.78, 5) is 22.5. The van der Waals surface area contributed by atoms with E-state index in [9.17, 15) is 14.0 Å². The van der Waals surface area contributed by atoms with Gasteiger partial charge in [-0.1, -0.05) is 13.8 Å². The van der Waals surface area contributed by atoms with Crippen molar-refractivity contribution in [2.24, 2.45) is 5.92 Å². The van der Waals surface area contributed by atoms with E-state index in [2.05, 4.69) is 19.2 Å². The molecule has 2 N–H and O–H groups in total. The van der Waals surface area contributed by atoms with E-state index in [1.165, 1.54) is 12.1 Å². The molecule has 0 aliphatic rings. The summed E-state index contributed by atoms with van der Waals surface area (Å²) in [7, 11) is 0. The first-order chi connectivity index (χ1) is 9.91. The predicted octanol–water partition coefficient (Wildman–Crippen LogP) is 3.03. The van der Waals surface area contributed by atoms with Gasteiger partial charge in [0.05, 0.1) is 11.1 Å². The van der Waals surface area contributed by atoms with Crippen LogP contribution in [-0.2, 0) is 0 Å². The summed E-state index contributed by atoms with van der Waals surface area (Å²) in [6.45, 7) is 4.78. The number of halogens is 1. The van der Waals surface area contributed by atoms with Crippen LogP contribution in [0.4, 0.5) is 4.39 Å². The van der Waals surface area contributed by atoms with Gasteiger partial charge in [-0.25, -0.2) is 9.18 Å². The lowest BCUT2D eigenvalue weighted by atomic mass is 10.1. The van der Waals surface area contributed by atoms with Crippen LogP contribution >= 0.6 is 11.8 Å². The Bertz CT molecular complexity index is 506. The molecule has 0 aromatic heterocycles. The molecule has 0 aliphatic heterocycles. The molecule has 0 bridgehead atoms. The summed E-state index contributed by atoms with van der Waals surface area (Å²) in [5.41, 5.74) is -0.302. The van der Waals surface area contributed by atoms with Crippen molar-refractivity contribution in [1.29, 1.82) is 0 Å². The van der Waals surface area contributed by atoms with Gasteiger partial charge in [-0.15, -0.1) is 0 Å². The molecule has 21 heavy (non-hydrogen) atoms. The van der Waals surface area contributed by atoms with Gasteiger partial charge in [0.2, 0.25) is 0 Å². The third-order valence-corrected chi connectivity index (χ3v) is 4.14. The van der Waals surface area contributed by atoms with Crippen molar-refractivity contribution in [2.45, 2.75) is 20.3 Å². The van der Waals surface area contributed by atoms with Crippen molar-refractivity contribution in [3.63, 3.8) is 0 Å². The lowest BCUT2D eigenvalue weighted by molar-refractivity contribution is 0.0695.